The van der Waals surface area contributed by atoms with E-state index in [1.165, 1.54) is 0 Å². The van der Waals surface area contributed by atoms with Crippen molar-refractivity contribution in [3.8, 4) is 0 Å². The minimum absolute atomic E-state index is 0.0233. The number of nitrogens with one attached hydrogen (secondary N) is 1. The SMILES string of the molecule is CNc1ncc(C)c(N2CCCC(C(F)(F)F)C2)n1. The lowest BCUT2D eigenvalue weighted by Crippen LogP contribution is -2.42. The number of rotatable bonds is 2. The van der Waals surface area contributed by atoms with Gasteiger partial charge in [0.2, 0.25) is 5.95 Å². The van der Waals surface area contributed by atoms with Gasteiger partial charge in [-0.3, -0.25) is 0 Å². The molecule has 1 fully saturated rings. The van der Waals surface area contributed by atoms with Gasteiger partial charge in [0, 0.05) is 31.9 Å². The number of halogens is 3. The zero-order valence-corrected chi connectivity index (χ0v) is 11.0. The van der Waals surface area contributed by atoms with E-state index in [1.54, 1.807) is 18.1 Å². The molecule has 1 unspecified atom stereocenters. The van der Waals surface area contributed by atoms with Crippen molar-refractivity contribution in [2.75, 3.05) is 30.4 Å². The molecule has 2 heterocycles. The van der Waals surface area contributed by atoms with Gasteiger partial charge < -0.3 is 10.2 Å². The lowest BCUT2D eigenvalue weighted by atomic mass is 9.97. The van der Waals surface area contributed by atoms with E-state index in [4.69, 9.17) is 0 Å². The first-order chi connectivity index (χ1) is 8.91. The van der Waals surface area contributed by atoms with Gasteiger partial charge in [-0.15, -0.1) is 0 Å². The average molecular weight is 274 g/mol. The number of aryl methyl sites for hydroxylation is 1. The molecule has 1 aliphatic rings. The van der Waals surface area contributed by atoms with Gasteiger partial charge in [0.05, 0.1) is 5.92 Å². The lowest BCUT2D eigenvalue weighted by molar-refractivity contribution is -0.176. The van der Waals surface area contributed by atoms with Crippen LogP contribution in [-0.2, 0) is 0 Å². The molecule has 0 aromatic carbocycles. The maximum absolute atomic E-state index is 12.8. The highest BCUT2D eigenvalue weighted by Crippen LogP contribution is 2.35. The molecule has 4 nitrogen and oxygen atoms in total. The summed E-state index contributed by atoms with van der Waals surface area (Å²) in [5.74, 6) is -0.253. The summed E-state index contributed by atoms with van der Waals surface area (Å²) >= 11 is 0. The molecule has 0 spiro atoms. The van der Waals surface area contributed by atoms with Crippen LogP contribution in [0.25, 0.3) is 0 Å². The first-order valence-electron chi connectivity index (χ1n) is 6.25. The predicted octanol–water partition coefficient (Wildman–Crippen LogP) is 2.61. The number of hydrogen-bond acceptors (Lipinski definition) is 4. The standard InChI is InChI=1S/C12H17F3N4/c1-8-6-17-11(16-2)18-10(8)19-5-3-4-9(7-19)12(13,14)15/h6,9H,3-5,7H2,1-2H3,(H,16,17,18). The Bertz CT molecular complexity index is 447. The fourth-order valence-corrected chi connectivity index (χ4v) is 2.31. The summed E-state index contributed by atoms with van der Waals surface area (Å²) in [6, 6.07) is 0. The van der Waals surface area contributed by atoms with E-state index in [0.717, 1.165) is 5.56 Å². The molecule has 2 rings (SSSR count). The molecular formula is C12H17F3N4. The van der Waals surface area contributed by atoms with Crippen molar-refractivity contribution in [2.45, 2.75) is 25.9 Å². The summed E-state index contributed by atoms with van der Waals surface area (Å²) < 4.78 is 38.4. The van der Waals surface area contributed by atoms with Crippen molar-refractivity contribution in [1.29, 1.82) is 0 Å². The summed E-state index contributed by atoms with van der Waals surface area (Å²) in [5.41, 5.74) is 0.793. The van der Waals surface area contributed by atoms with Gasteiger partial charge >= 0.3 is 6.18 Å². The molecule has 0 radical (unpaired) electrons. The number of piperidine rings is 1. The minimum atomic E-state index is -4.13. The van der Waals surface area contributed by atoms with Crippen LogP contribution in [0.15, 0.2) is 6.20 Å². The van der Waals surface area contributed by atoms with E-state index in [9.17, 15) is 13.2 Å². The summed E-state index contributed by atoms with van der Waals surface area (Å²) in [4.78, 5) is 10.0. The zero-order valence-electron chi connectivity index (χ0n) is 11.0. The molecule has 0 amide bonds. The highest BCUT2D eigenvalue weighted by Gasteiger charge is 2.42. The summed E-state index contributed by atoms with van der Waals surface area (Å²) in [7, 11) is 1.68. The lowest BCUT2D eigenvalue weighted by Gasteiger charge is -2.35. The Morgan fingerprint density at radius 2 is 2.16 bits per heavy atom. The molecule has 19 heavy (non-hydrogen) atoms. The zero-order chi connectivity index (χ0) is 14.0. The fourth-order valence-electron chi connectivity index (χ4n) is 2.31. The van der Waals surface area contributed by atoms with Crippen LogP contribution in [0.5, 0.6) is 0 Å². The first kappa shape index (κ1) is 13.9. The Labute approximate surface area is 110 Å². The smallest absolute Gasteiger partial charge is 0.357 e. The van der Waals surface area contributed by atoms with Crippen molar-refractivity contribution >= 4 is 11.8 Å². The molecule has 1 aliphatic heterocycles. The van der Waals surface area contributed by atoms with Crippen molar-refractivity contribution in [2.24, 2.45) is 5.92 Å². The van der Waals surface area contributed by atoms with E-state index in [2.05, 4.69) is 15.3 Å². The monoisotopic (exact) mass is 274 g/mol. The molecule has 0 aliphatic carbocycles. The molecule has 1 saturated heterocycles. The topological polar surface area (TPSA) is 41.1 Å². The molecule has 1 N–H and O–H groups in total. The number of anilines is 2. The van der Waals surface area contributed by atoms with Gasteiger partial charge in [-0.25, -0.2) is 4.98 Å². The Hall–Kier alpha value is -1.53. The van der Waals surface area contributed by atoms with Gasteiger partial charge in [-0.05, 0) is 19.8 Å². The van der Waals surface area contributed by atoms with E-state index in [-0.39, 0.29) is 13.0 Å². The molecular weight excluding hydrogens is 257 g/mol. The maximum Gasteiger partial charge on any atom is 0.393 e. The Morgan fingerprint density at radius 1 is 1.42 bits per heavy atom. The van der Waals surface area contributed by atoms with Crippen molar-refractivity contribution in [1.82, 2.24) is 9.97 Å². The summed E-state index contributed by atoms with van der Waals surface area (Å²) in [6.07, 6.45) is -1.78. The Kier molecular flexibility index (Phi) is 3.82. The van der Waals surface area contributed by atoms with Gasteiger partial charge in [-0.1, -0.05) is 0 Å². The third-order valence-corrected chi connectivity index (χ3v) is 3.35. The Morgan fingerprint density at radius 3 is 2.79 bits per heavy atom. The van der Waals surface area contributed by atoms with Crippen LogP contribution in [0.2, 0.25) is 0 Å². The van der Waals surface area contributed by atoms with Crippen molar-refractivity contribution in [3.63, 3.8) is 0 Å². The fraction of sp³-hybridized carbons (Fsp3) is 0.667. The second kappa shape index (κ2) is 5.22. The largest absolute Gasteiger partial charge is 0.393 e. The average Bonchev–Trinajstić information content (AvgIpc) is 2.38. The van der Waals surface area contributed by atoms with Crippen LogP contribution >= 0.6 is 0 Å². The van der Waals surface area contributed by atoms with Gasteiger partial charge in [-0.2, -0.15) is 18.2 Å². The second-order valence-electron chi connectivity index (χ2n) is 4.78. The summed E-state index contributed by atoms with van der Waals surface area (Å²) in [6.45, 7) is 2.39. The molecule has 1 aromatic rings. The van der Waals surface area contributed by atoms with E-state index < -0.39 is 12.1 Å². The predicted molar refractivity (Wildman–Crippen MR) is 67.3 cm³/mol. The van der Waals surface area contributed by atoms with Gasteiger partial charge in [0.1, 0.15) is 5.82 Å². The molecule has 106 valence electrons. The van der Waals surface area contributed by atoms with Gasteiger partial charge in [0.15, 0.2) is 0 Å². The number of alkyl halides is 3. The first-order valence-corrected chi connectivity index (χ1v) is 6.25. The van der Waals surface area contributed by atoms with Crippen LogP contribution in [0.4, 0.5) is 24.9 Å². The van der Waals surface area contributed by atoms with Crippen molar-refractivity contribution in [3.05, 3.63) is 11.8 Å². The van der Waals surface area contributed by atoms with Crippen LogP contribution in [0.3, 0.4) is 0 Å². The molecule has 1 aromatic heterocycles. The van der Waals surface area contributed by atoms with E-state index in [1.807, 2.05) is 6.92 Å². The normalized spacial score (nSPS) is 20.5. The van der Waals surface area contributed by atoms with Crippen molar-refractivity contribution < 1.29 is 13.2 Å². The quantitative estimate of drug-likeness (QED) is 0.900. The molecule has 0 bridgehead atoms. The number of aromatic nitrogens is 2. The van der Waals surface area contributed by atoms with Crippen LogP contribution in [0.1, 0.15) is 18.4 Å². The highest BCUT2D eigenvalue weighted by atomic mass is 19.4. The molecule has 1 atom stereocenters. The van der Waals surface area contributed by atoms with Crippen LogP contribution in [-0.4, -0.2) is 36.3 Å². The Balaban J connectivity index is 2.21. The maximum atomic E-state index is 12.8. The number of hydrogen-bond donors (Lipinski definition) is 1. The van der Waals surface area contributed by atoms with Crippen LogP contribution < -0.4 is 10.2 Å². The minimum Gasteiger partial charge on any atom is -0.357 e. The van der Waals surface area contributed by atoms with Gasteiger partial charge in [0.25, 0.3) is 0 Å². The number of nitrogens with zero attached hydrogens (tertiary/aromatic N) is 3. The molecule has 0 saturated carbocycles. The highest BCUT2D eigenvalue weighted by molar-refractivity contribution is 5.49. The molecule has 7 heteroatoms. The third kappa shape index (κ3) is 3.08. The van der Waals surface area contributed by atoms with E-state index in [0.29, 0.717) is 24.7 Å². The third-order valence-electron chi connectivity index (χ3n) is 3.35. The second-order valence-corrected chi connectivity index (χ2v) is 4.78. The van der Waals surface area contributed by atoms with E-state index >= 15 is 0 Å². The summed E-state index contributed by atoms with van der Waals surface area (Å²) in [5, 5.41) is 2.80. The van der Waals surface area contributed by atoms with Crippen LogP contribution in [0, 0.1) is 12.8 Å².